The molecule has 1 saturated carbocycles. The van der Waals surface area contributed by atoms with Gasteiger partial charge in [0.2, 0.25) is 0 Å². The van der Waals surface area contributed by atoms with E-state index in [2.05, 4.69) is 0 Å². The van der Waals surface area contributed by atoms with Crippen molar-refractivity contribution < 1.29 is 20.1 Å². The normalized spacial score (nSPS) is 30.2. The molecular weight excluding hydrogens is 184 g/mol. The SMILES string of the molecule is OCC(O)COC1CCC(CO)CC1. The summed E-state index contributed by atoms with van der Waals surface area (Å²) in [4.78, 5) is 0. The van der Waals surface area contributed by atoms with E-state index in [-0.39, 0.29) is 25.9 Å². The first-order chi connectivity index (χ1) is 6.76. The second kappa shape index (κ2) is 6.35. The predicted molar refractivity (Wildman–Crippen MR) is 51.9 cm³/mol. The Morgan fingerprint density at radius 3 is 2.29 bits per heavy atom. The maximum Gasteiger partial charge on any atom is 0.100 e. The van der Waals surface area contributed by atoms with E-state index >= 15 is 0 Å². The molecule has 1 rings (SSSR count). The van der Waals surface area contributed by atoms with E-state index in [0.717, 1.165) is 25.7 Å². The Balaban J connectivity index is 2.10. The Bertz CT molecular complexity index is 143. The van der Waals surface area contributed by atoms with E-state index in [1.807, 2.05) is 0 Å². The molecule has 1 aliphatic carbocycles. The van der Waals surface area contributed by atoms with Gasteiger partial charge in [0.05, 0.1) is 19.3 Å². The van der Waals surface area contributed by atoms with E-state index < -0.39 is 6.10 Å². The molecule has 3 N–H and O–H groups in total. The van der Waals surface area contributed by atoms with E-state index in [0.29, 0.717) is 5.92 Å². The molecule has 1 aliphatic rings. The van der Waals surface area contributed by atoms with Crippen LogP contribution < -0.4 is 0 Å². The number of hydrogen-bond acceptors (Lipinski definition) is 4. The van der Waals surface area contributed by atoms with E-state index in [9.17, 15) is 0 Å². The van der Waals surface area contributed by atoms with Gasteiger partial charge in [-0.15, -0.1) is 0 Å². The van der Waals surface area contributed by atoms with Crippen LogP contribution in [0.4, 0.5) is 0 Å². The Morgan fingerprint density at radius 2 is 1.79 bits per heavy atom. The average molecular weight is 204 g/mol. The van der Waals surface area contributed by atoms with Crippen molar-refractivity contribution in [2.75, 3.05) is 19.8 Å². The second-order valence-electron chi connectivity index (χ2n) is 4.00. The summed E-state index contributed by atoms with van der Waals surface area (Å²) in [7, 11) is 0. The fraction of sp³-hybridized carbons (Fsp3) is 1.00. The van der Waals surface area contributed by atoms with Crippen LogP contribution in [0.5, 0.6) is 0 Å². The average Bonchev–Trinajstić information content (AvgIpc) is 2.26. The van der Waals surface area contributed by atoms with Gasteiger partial charge in [0.1, 0.15) is 6.10 Å². The third-order valence-corrected chi connectivity index (χ3v) is 2.79. The zero-order valence-electron chi connectivity index (χ0n) is 8.43. The Hall–Kier alpha value is -0.160. The van der Waals surface area contributed by atoms with Crippen LogP contribution in [0.15, 0.2) is 0 Å². The highest BCUT2D eigenvalue weighted by Gasteiger charge is 2.21. The topological polar surface area (TPSA) is 69.9 Å². The molecular formula is C10H20O4. The van der Waals surface area contributed by atoms with Crippen LogP contribution in [-0.4, -0.2) is 47.3 Å². The summed E-state index contributed by atoms with van der Waals surface area (Å²) in [5.74, 6) is 0.428. The van der Waals surface area contributed by atoms with Crippen LogP contribution >= 0.6 is 0 Å². The van der Waals surface area contributed by atoms with Gasteiger partial charge >= 0.3 is 0 Å². The van der Waals surface area contributed by atoms with Gasteiger partial charge in [-0.1, -0.05) is 0 Å². The van der Waals surface area contributed by atoms with Crippen molar-refractivity contribution in [1.82, 2.24) is 0 Å². The molecule has 0 aromatic heterocycles. The minimum absolute atomic E-state index is 0.194. The van der Waals surface area contributed by atoms with Crippen LogP contribution in [0, 0.1) is 5.92 Å². The number of ether oxygens (including phenoxy) is 1. The van der Waals surface area contributed by atoms with Gasteiger partial charge in [-0.25, -0.2) is 0 Å². The van der Waals surface area contributed by atoms with Gasteiger partial charge < -0.3 is 20.1 Å². The van der Waals surface area contributed by atoms with Crippen molar-refractivity contribution in [3.05, 3.63) is 0 Å². The number of rotatable bonds is 5. The summed E-state index contributed by atoms with van der Waals surface area (Å²) in [5.41, 5.74) is 0. The molecule has 1 unspecified atom stereocenters. The molecule has 0 aliphatic heterocycles. The van der Waals surface area contributed by atoms with Crippen LogP contribution in [0.2, 0.25) is 0 Å². The first kappa shape index (κ1) is 11.9. The molecule has 1 atom stereocenters. The highest BCUT2D eigenvalue weighted by molar-refractivity contribution is 4.72. The molecule has 4 heteroatoms. The quantitative estimate of drug-likeness (QED) is 0.585. The summed E-state index contributed by atoms with van der Waals surface area (Å²) in [6.45, 7) is 0.239. The maximum absolute atomic E-state index is 9.07. The number of aliphatic hydroxyl groups excluding tert-OH is 3. The van der Waals surface area contributed by atoms with Crippen molar-refractivity contribution >= 4 is 0 Å². The highest BCUT2D eigenvalue weighted by atomic mass is 16.5. The molecule has 0 saturated heterocycles. The lowest BCUT2D eigenvalue weighted by Crippen LogP contribution is -2.28. The molecule has 84 valence electrons. The standard InChI is InChI=1S/C10H20O4/c11-5-8-1-3-10(4-2-8)14-7-9(13)6-12/h8-13H,1-7H2. The zero-order chi connectivity index (χ0) is 10.4. The summed E-state index contributed by atoms with van der Waals surface area (Å²) in [6, 6.07) is 0. The van der Waals surface area contributed by atoms with Crippen molar-refractivity contribution in [3.63, 3.8) is 0 Å². The van der Waals surface area contributed by atoms with E-state index in [1.165, 1.54) is 0 Å². The molecule has 14 heavy (non-hydrogen) atoms. The molecule has 0 bridgehead atoms. The first-order valence-corrected chi connectivity index (χ1v) is 5.27. The Labute approximate surface area is 84.5 Å². The van der Waals surface area contributed by atoms with Gasteiger partial charge in [-0.3, -0.25) is 0 Å². The zero-order valence-corrected chi connectivity index (χ0v) is 8.43. The maximum atomic E-state index is 9.07. The van der Waals surface area contributed by atoms with E-state index in [4.69, 9.17) is 20.1 Å². The highest BCUT2D eigenvalue weighted by Crippen LogP contribution is 2.25. The molecule has 0 amide bonds. The van der Waals surface area contributed by atoms with Crippen LogP contribution in [0.3, 0.4) is 0 Å². The lowest BCUT2D eigenvalue weighted by molar-refractivity contribution is -0.0463. The van der Waals surface area contributed by atoms with Gasteiger partial charge in [0, 0.05) is 6.61 Å². The molecule has 4 nitrogen and oxygen atoms in total. The van der Waals surface area contributed by atoms with Gasteiger partial charge in [-0.05, 0) is 31.6 Å². The minimum atomic E-state index is -0.759. The molecule has 0 spiro atoms. The second-order valence-corrected chi connectivity index (χ2v) is 4.00. The number of hydrogen-bond donors (Lipinski definition) is 3. The largest absolute Gasteiger partial charge is 0.396 e. The summed E-state index contributed by atoms with van der Waals surface area (Å²) >= 11 is 0. The van der Waals surface area contributed by atoms with Crippen LogP contribution in [0.1, 0.15) is 25.7 Å². The van der Waals surface area contributed by atoms with Crippen molar-refractivity contribution in [3.8, 4) is 0 Å². The third kappa shape index (κ3) is 3.92. The van der Waals surface area contributed by atoms with Crippen molar-refractivity contribution in [2.24, 2.45) is 5.92 Å². The summed E-state index contributed by atoms with van der Waals surface area (Å²) in [5, 5.41) is 26.6. The predicted octanol–water partition coefficient (Wildman–Crippen LogP) is -0.0927. The molecule has 0 radical (unpaired) electrons. The van der Waals surface area contributed by atoms with Gasteiger partial charge in [0.25, 0.3) is 0 Å². The lowest BCUT2D eigenvalue weighted by atomic mass is 9.88. The number of aliphatic hydroxyl groups is 3. The van der Waals surface area contributed by atoms with Crippen molar-refractivity contribution in [1.29, 1.82) is 0 Å². The van der Waals surface area contributed by atoms with Crippen LogP contribution in [-0.2, 0) is 4.74 Å². The Morgan fingerprint density at radius 1 is 1.14 bits per heavy atom. The van der Waals surface area contributed by atoms with Gasteiger partial charge in [-0.2, -0.15) is 0 Å². The van der Waals surface area contributed by atoms with Crippen LogP contribution in [0.25, 0.3) is 0 Å². The third-order valence-electron chi connectivity index (χ3n) is 2.79. The minimum Gasteiger partial charge on any atom is -0.396 e. The summed E-state index contributed by atoms with van der Waals surface area (Å²) < 4.78 is 5.44. The molecule has 0 aromatic carbocycles. The fourth-order valence-corrected chi connectivity index (χ4v) is 1.78. The first-order valence-electron chi connectivity index (χ1n) is 5.27. The van der Waals surface area contributed by atoms with Gasteiger partial charge in [0.15, 0.2) is 0 Å². The summed E-state index contributed by atoms with van der Waals surface area (Å²) in [6.07, 6.45) is 3.32. The monoisotopic (exact) mass is 204 g/mol. The van der Waals surface area contributed by atoms with E-state index in [1.54, 1.807) is 0 Å². The fourth-order valence-electron chi connectivity index (χ4n) is 1.78. The molecule has 0 heterocycles. The molecule has 0 aromatic rings. The smallest absolute Gasteiger partial charge is 0.100 e. The lowest BCUT2D eigenvalue weighted by Gasteiger charge is -2.27. The Kier molecular flexibility index (Phi) is 5.40. The molecule has 1 fully saturated rings. The van der Waals surface area contributed by atoms with Crippen molar-refractivity contribution in [2.45, 2.75) is 37.9 Å².